The molecule has 1 saturated heterocycles. The molecule has 2 amide bonds. The SMILES string of the molecule is CC[C@@H]1Oc2ccccc2N(CC(=O)NCCCN2CCCC2)C1=O. The van der Waals surface area contributed by atoms with Crippen LogP contribution in [0.25, 0.3) is 0 Å². The number of carbonyl (C=O) groups excluding carboxylic acids is 2. The molecule has 3 rings (SSSR count). The number of hydrogen-bond donors (Lipinski definition) is 1. The van der Waals surface area contributed by atoms with Crippen molar-refractivity contribution in [3.63, 3.8) is 0 Å². The van der Waals surface area contributed by atoms with Crippen molar-refractivity contribution in [2.24, 2.45) is 0 Å². The number of ether oxygens (including phenoxy) is 1. The van der Waals surface area contributed by atoms with Crippen molar-refractivity contribution in [1.29, 1.82) is 0 Å². The number of nitrogens with zero attached hydrogens (tertiary/aromatic N) is 2. The Hall–Kier alpha value is -2.08. The van der Waals surface area contributed by atoms with E-state index in [2.05, 4.69) is 10.2 Å². The van der Waals surface area contributed by atoms with E-state index in [0.717, 1.165) is 13.0 Å². The zero-order valence-corrected chi connectivity index (χ0v) is 14.9. The van der Waals surface area contributed by atoms with E-state index in [9.17, 15) is 9.59 Å². The van der Waals surface area contributed by atoms with Gasteiger partial charge in [0.2, 0.25) is 5.91 Å². The first-order chi connectivity index (χ1) is 12.2. The predicted octanol–water partition coefficient (Wildman–Crippen LogP) is 1.79. The molecule has 136 valence electrons. The second-order valence-corrected chi connectivity index (χ2v) is 6.66. The molecule has 1 aromatic rings. The zero-order valence-electron chi connectivity index (χ0n) is 14.9. The molecular formula is C19H27N3O3. The molecule has 0 aromatic heterocycles. The maximum Gasteiger partial charge on any atom is 0.268 e. The van der Waals surface area contributed by atoms with Gasteiger partial charge in [0, 0.05) is 6.54 Å². The molecule has 2 aliphatic heterocycles. The normalized spacial score (nSPS) is 20.3. The summed E-state index contributed by atoms with van der Waals surface area (Å²) in [5, 5.41) is 2.94. The fraction of sp³-hybridized carbons (Fsp3) is 0.579. The van der Waals surface area contributed by atoms with Crippen LogP contribution >= 0.6 is 0 Å². The highest BCUT2D eigenvalue weighted by molar-refractivity contribution is 6.03. The summed E-state index contributed by atoms with van der Waals surface area (Å²) in [6.07, 6.45) is 3.57. The number of nitrogens with one attached hydrogen (secondary N) is 1. The standard InChI is InChI=1S/C19H27N3O3/c1-2-16-19(24)22(15-8-3-4-9-17(15)25-16)14-18(23)20-10-7-13-21-11-5-6-12-21/h3-4,8-9,16H,2,5-7,10-14H2,1H3,(H,20,23)/t16-/m0/s1. The van der Waals surface area contributed by atoms with Crippen molar-refractivity contribution >= 4 is 17.5 Å². The summed E-state index contributed by atoms with van der Waals surface area (Å²) in [4.78, 5) is 28.8. The Morgan fingerprint density at radius 2 is 2.04 bits per heavy atom. The van der Waals surface area contributed by atoms with Gasteiger partial charge in [-0.3, -0.25) is 14.5 Å². The molecule has 0 unspecified atom stereocenters. The van der Waals surface area contributed by atoms with Crippen LogP contribution in [0.3, 0.4) is 0 Å². The highest BCUT2D eigenvalue weighted by atomic mass is 16.5. The van der Waals surface area contributed by atoms with E-state index in [-0.39, 0.29) is 18.4 Å². The van der Waals surface area contributed by atoms with Crippen molar-refractivity contribution in [1.82, 2.24) is 10.2 Å². The Morgan fingerprint density at radius 1 is 1.28 bits per heavy atom. The van der Waals surface area contributed by atoms with E-state index >= 15 is 0 Å². The lowest BCUT2D eigenvalue weighted by atomic mass is 10.1. The van der Waals surface area contributed by atoms with E-state index in [1.807, 2.05) is 31.2 Å². The molecule has 1 N–H and O–H groups in total. The molecule has 0 bridgehead atoms. The summed E-state index contributed by atoms with van der Waals surface area (Å²) >= 11 is 0. The minimum absolute atomic E-state index is 0.0411. The van der Waals surface area contributed by atoms with Crippen molar-refractivity contribution in [2.75, 3.05) is 37.6 Å². The molecule has 0 aliphatic carbocycles. The van der Waals surface area contributed by atoms with Crippen LogP contribution in [-0.2, 0) is 9.59 Å². The topological polar surface area (TPSA) is 61.9 Å². The molecule has 0 saturated carbocycles. The van der Waals surface area contributed by atoms with Crippen molar-refractivity contribution < 1.29 is 14.3 Å². The molecule has 6 nitrogen and oxygen atoms in total. The third-order valence-electron chi connectivity index (χ3n) is 4.81. The second-order valence-electron chi connectivity index (χ2n) is 6.66. The minimum atomic E-state index is -0.516. The number of benzene rings is 1. The average Bonchev–Trinajstić information content (AvgIpc) is 3.14. The summed E-state index contributed by atoms with van der Waals surface area (Å²) in [5.74, 6) is 0.394. The summed E-state index contributed by atoms with van der Waals surface area (Å²) in [7, 11) is 0. The van der Waals surface area contributed by atoms with Crippen molar-refractivity contribution in [3.05, 3.63) is 24.3 Å². The molecule has 2 heterocycles. The van der Waals surface area contributed by atoms with Gasteiger partial charge in [-0.05, 0) is 57.5 Å². The van der Waals surface area contributed by atoms with Crippen molar-refractivity contribution in [2.45, 2.75) is 38.7 Å². The zero-order chi connectivity index (χ0) is 17.6. The van der Waals surface area contributed by atoms with Crippen LogP contribution in [0, 0.1) is 0 Å². The first kappa shape index (κ1) is 17.7. The van der Waals surface area contributed by atoms with Crippen LogP contribution in [0.4, 0.5) is 5.69 Å². The van der Waals surface area contributed by atoms with Crippen LogP contribution in [0.2, 0.25) is 0 Å². The van der Waals surface area contributed by atoms with Gasteiger partial charge in [0.25, 0.3) is 5.91 Å². The fourth-order valence-electron chi connectivity index (χ4n) is 3.43. The molecule has 6 heteroatoms. The molecule has 2 aliphatic rings. The molecule has 0 radical (unpaired) electrons. The molecular weight excluding hydrogens is 318 g/mol. The van der Waals surface area contributed by atoms with Gasteiger partial charge in [0.05, 0.1) is 5.69 Å². The third-order valence-corrected chi connectivity index (χ3v) is 4.81. The van der Waals surface area contributed by atoms with Gasteiger partial charge in [0.1, 0.15) is 12.3 Å². The quantitative estimate of drug-likeness (QED) is 0.766. The second kappa shape index (κ2) is 8.34. The van der Waals surface area contributed by atoms with Gasteiger partial charge in [-0.15, -0.1) is 0 Å². The monoisotopic (exact) mass is 345 g/mol. The summed E-state index contributed by atoms with van der Waals surface area (Å²) in [6, 6.07) is 7.38. The number of hydrogen-bond acceptors (Lipinski definition) is 4. The Morgan fingerprint density at radius 3 is 2.80 bits per heavy atom. The van der Waals surface area contributed by atoms with E-state index in [1.54, 1.807) is 4.90 Å². The van der Waals surface area contributed by atoms with Gasteiger partial charge in [-0.1, -0.05) is 19.1 Å². The number of rotatable bonds is 7. The van der Waals surface area contributed by atoms with E-state index < -0.39 is 6.10 Å². The number of likely N-dealkylation sites (tertiary alicyclic amines) is 1. The molecule has 1 atom stereocenters. The van der Waals surface area contributed by atoms with E-state index in [0.29, 0.717) is 24.4 Å². The lowest BCUT2D eigenvalue weighted by Gasteiger charge is -2.33. The summed E-state index contributed by atoms with van der Waals surface area (Å²) < 4.78 is 5.73. The Labute approximate surface area is 149 Å². The smallest absolute Gasteiger partial charge is 0.268 e. The van der Waals surface area contributed by atoms with Crippen LogP contribution in [0.15, 0.2) is 24.3 Å². The summed E-state index contributed by atoms with van der Waals surface area (Å²) in [6.45, 7) is 5.97. The number of amides is 2. The van der Waals surface area contributed by atoms with Crippen LogP contribution < -0.4 is 15.0 Å². The lowest BCUT2D eigenvalue weighted by molar-refractivity contribution is -0.129. The van der Waals surface area contributed by atoms with Crippen LogP contribution in [0.5, 0.6) is 5.75 Å². The molecule has 1 fully saturated rings. The third kappa shape index (κ3) is 4.31. The van der Waals surface area contributed by atoms with E-state index in [4.69, 9.17) is 4.74 Å². The largest absolute Gasteiger partial charge is 0.478 e. The van der Waals surface area contributed by atoms with Crippen LogP contribution in [-0.4, -0.2) is 55.5 Å². The van der Waals surface area contributed by atoms with Gasteiger partial charge >= 0.3 is 0 Å². The number of fused-ring (bicyclic) bond motifs is 1. The van der Waals surface area contributed by atoms with Crippen LogP contribution in [0.1, 0.15) is 32.6 Å². The maximum absolute atomic E-state index is 12.6. The Bertz CT molecular complexity index is 614. The highest BCUT2D eigenvalue weighted by Crippen LogP contribution is 2.34. The fourth-order valence-corrected chi connectivity index (χ4v) is 3.43. The van der Waals surface area contributed by atoms with Gasteiger partial charge in [-0.25, -0.2) is 0 Å². The molecule has 25 heavy (non-hydrogen) atoms. The lowest BCUT2D eigenvalue weighted by Crippen LogP contribution is -2.49. The number of anilines is 1. The van der Waals surface area contributed by atoms with Crippen molar-refractivity contribution in [3.8, 4) is 5.75 Å². The first-order valence-corrected chi connectivity index (χ1v) is 9.25. The summed E-state index contributed by atoms with van der Waals surface area (Å²) in [5.41, 5.74) is 0.671. The minimum Gasteiger partial charge on any atom is -0.478 e. The van der Waals surface area contributed by atoms with Gasteiger partial charge in [-0.2, -0.15) is 0 Å². The number of para-hydroxylation sites is 2. The molecule has 0 spiro atoms. The number of carbonyl (C=O) groups is 2. The van der Waals surface area contributed by atoms with E-state index in [1.165, 1.54) is 25.9 Å². The average molecular weight is 345 g/mol. The van der Waals surface area contributed by atoms with Gasteiger partial charge in [0.15, 0.2) is 6.10 Å². The Balaban J connectivity index is 1.53. The maximum atomic E-state index is 12.6. The predicted molar refractivity (Wildman–Crippen MR) is 96.8 cm³/mol. The highest BCUT2D eigenvalue weighted by Gasteiger charge is 2.34. The molecule has 1 aromatic carbocycles. The first-order valence-electron chi connectivity index (χ1n) is 9.25. The Kier molecular flexibility index (Phi) is 5.91. The van der Waals surface area contributed by atoms with Gasteiger partial charge < -0.3 is 15.0 Å².